The fourth-order valence-electron chi connectivity index (χ4n) is 1.90. The van der Waals surface area contributed by atoms with Crippen molar-refractivity contribution in [1.29, 1.82) is 0 Å². The van der Waals surface area contributed by atoms with Crippen LogP contribution in [0.25, 0.3) is 0 Å². The Bertz CT molecular complexity index is 133. The van der Waals surface area contributed by atoms with Crippen molar-refractivity contribution in [3.8, 4) is 0 Å². The van der Waals surface area contributed by atoms with Gasteiger partial charge in [-0.05, 0) is 38.6 Å². The van der Waals surface area contributed by atoms with Gasteiger partial charge in [0.15, 0.2) is 0 Å². The van der Waals surface area contributed by atoms with Gasteiger partial charge in [-0.3, -0.25) is 0 Å². The molecule has 0 bridgehead atoms. The fraction of sp³-hybridized carbons (Fsp3) is 1.00. The van der Waals surface area contributed by atoms with Crippen molar-refractivity contribution in [3.05, 3.63) is 0 Å². The second-order valence-corrected chi connectivity index (χ2v) is 4.47. The zero-order chi connectivity index (χ0) is 8.48. The lowest BCUT2D eigenvalue weighted by atomic mass is 9.78. The molecule has 1 aliphatic rings. The Morgan fingerprint density at radius 2 is 2.18 bits per heavy atom. The second-order valence-electron chi connectivity index (χ2n) is 4.47. The predicted octanol–water partition coefficient (Wildman–Crippen LogP) is 2.52. The third-order valence-electron chi connectivity index (χ3n) is 3.40. The molecule has 1 nitrogen and oxygen atoms in total. The summed E-state index contributed by atoms with van der Waals surface area (Å²) in [5, 5.41) is 0. The molecule has 1 heterocycles. The lowest BCUT2D eigenvalue weighted by Gasteiger charge is -2.42. The molecular formula is C10H21N. The average Bonchev–Trinajstić information content (AvgIpc) is 1.98. The van der Waals surface area contributed by atoms with Crippen LogP contribution in [0.5, 0.6) is 0 Å². The highest BCUT2D eigenvalue weighted by molar-refractivity contribution is 4.84. The molecule has 1 saturated heterocycles. The molecule has 1 fully saturated rings. The van der Waals surface area contributed by atoms with Crippen molar-refractivity contribution in [3.63, 3.8) is 0 Å². The summed E-state index contributed by atoms with van der Waals surface area (Å²) in [6.45, 7) is 8.33. The van der Waals surface area contributed by atoms with E-state index in [1.165, 1.54) is 25.8 Å². The van der Waals surface area contributed by atoms with Crippen LogP contribution in [0, 0.1) is 5.41 Å². The summed E-state index contributed by atoms with van der Waals surface area (Å²) in [7, 11) is 2.25. The van der Waals surface area contributed by atoms with Crippen LogP contribution >= 0.6 is 0 Å². The maximum absolute atomic E-state index is 2.49. The highest BCUT2D eigenvalue weighted by atomic mass is 15.1. The van der Waals surface area contributed by atoms with Gasteiger partial charge >= 0.3 is 0 Å². The standard InChI is InChI=1S/C10H21N/c1-5-10(3)7-6-9(2)11(4)8-10/h9H,5-8H2,1-4H3. The summed E-state index contributed by atoms with van der Waals surface area (Å²) < 4.78 is 0. The first-order valence-electron chi connectivity index (χ1n) is 4.78. The van der Waals surface area contributed by atoms with Crippen LogP contribution in [-0.4, -0.2) is 24.5 Å². The highest BCUT2D eigenvalue weighted by Crippen LogP contribution is 2.34. The zero-order valence-electron chi connectivity index (χ0n) is 8.35. The number of piperidine rings is 1. The van der Waals surface area contributed by atoms with Gasteiger partial charge < -0.3 is 4.90 Å². The van der Waals surface area contributed by atoms with Crippen molar-refractivity contribution in [2.45, 2.75) is 46.1 Å². The number of likely N-dealkylation sites (tertiary alicyclic amines) is 1. The fourth-order valence-corrected chi connectivity index (χ4v) is 1.90. The minimum absolute atomic E-state index is 0.598. The molecule has 0 aliphatic carbocycles. The molecule has 66 valence electrons. The molecule has 0 spiro atoms. The van der Waals surface area contributed by atoms with Gasteiger partial charge in [0.25, 0.3) is 0 Å². The summed E-state index contributed by atoms with van der Waals surface area (Å²) in [5.74, 6) is 0. The van der Waals surface area contributed by atoms with Crippen LogP contribution in [0.3, 0.4) is 0 Å². The number of rotatable bonds is 1. The maximum atomic E-state index is 2.49. The Morgan fingerprint density at radius 3 is 2.64 bits per heavy atom. The van der Waals surface area contributed by atoms with E-state index < -0.39 is 0 Å². The summed E-state index contributed by atoms with van der Waals surface area (Å²) in [4.78, 5) is 2.49. The van der Waals surface area contributed by atoms with Crippen LogP contribution < -0.4 is 0 Å². The third-order valence-corrected chi connectivity index (χ3v) is 3.40. The highest BCUT2D eigenvalue weighted by Gasteiger charge is 2.30. The van der Waals surface area contributed by atoms with E-state index in [1.807, 2.05) is 0 Å². The molecule has 2 unspecified atom stereocenters. The Hall–Kier alpha value is -0.0400. The topological polar surface area (TPSA) is 3.24 Å². The quantitative estimate of drug-likeness (QED) is 0.562. The lowest BCUT2D eigenvalue weighted by molar-refractivity contribution is 0.0798. The van der Waals surface area contributed by atoms with Gasteiger partial charge in [0.1, 0.15) is 0 Å². The van der Waals surface area contributed by atoms with Gasteiger partial charge in [0.2, 0.25) is 0 Å². The lowest BCUT2D eigenvalue weighted by Crippen LogP contribution is -2.43. The Balaban J connectivity index is 2.51. The first kappa shape index (κ1) is 9.05. The first-order chi connectivity index (χ1) is 5.07. The minimum atomic E-state index is 0.598. The van der Waals surface area contributed by atoms with Gasteiger partial charge in [-0.15, -0.1) is 0 Å². The molecule has 0 radical (unpaired) electrons. The number of hydrogen-bond donors (Lipinski definition) is 0. The molecule has 0 aromatic carbocycles. The molecule has 1 rings (SSSR count). The van der Waals surface area contributed by atoms with Crippen LogP contribution in [0.4, 0.5) is 0 Å². The van der Waals surface area contributed by atoms with E-state index in [0.717, 1.165) is 6.04 Å². The molecule has 11 heavy (non-hydrogen) atoms. The molecule has 0 aromatic heterocycles. The van der Waals surface area contributed by atoms with Gasteiger partial charge in [-0.2, -0.15) is 0 Å². The molecule has 0 N–H and O–H groups in total. The van der Waals surface area contributed by atoms with Gasteiger partial charge in [-0.1, -0.05) is 13.8 Å². The monoisotopic (exact) mass is 155 g/mol. The average molecular weight is 155 g/mol. The first-order valence-corrected chi connectivity index (χ1v) is 4.78. The molecule has 0 amide bonds. The van der Waals surface area contributed by atoms with Crippen LogP contribution in [0.15, 0.2) is 0 Å². The Kier molecular flexibility index (Phi) is 2.58. The summed E-state index contributed by atoms with van der Waals surface area (Å²) >= 11 is 0. The molecule has 1 heteroatoms. The Labute approximate surface area is 70.8 Å². The zero-order valence-corrected chi connectivity index (χ0v) is 8.35. The smallest absolute Gasteiger partial charge is 0.00643 e. The van der Waals surface area contributed by atoms with E-state index in [9.17, 15) is 0 Å². The SMILES string of the molecule is CCC1(C)CCC(C)N(C)C1. The van der Waals surface area contributed by atoms with Crippen molar-refractivity contribution in [2.24, 2.45) is 5.41 Å². The van der Waals surface area contributed by atoms with E-state index in [4.69, 9.17) is 0 Å². The number of hydrogen-bond acceptors (Lipinski definition) is 1. The molecule has 1 aliphatic heterocycles. The van der Waals surface area contributed by atoms with Gasteiger partial charge in [-0.25, -0.2) is 0 Å². The Morgan fingerprint density at radius 1 is 1.55 bits per heavy atom. The van der Waals surface area contributed by atoms with Crippen molar-refractivity contribution in [2.75, 3.05) is 13.6 Å². The minimum Gasteiger partial charge on any atom is -0.303 e. The van der Waals surface area contributed by atoms with Gasteiger partial charge in [0.05, 0.1) is 0 Å². The maximum Gasteiger partial charge on any atom is 0.00643 e. The molecule has 0 aromatic rings. The molecule has 0 saturated carbocycles. The van der Waals surface area contributed by atoms with Crippen molar-refractivity contribution >= 4 is 0 Å². The molecular weight excluding hydrogens is 134 g/mol. The van der Waals surface area contributed by atoms with Crippen molar-refractivity contribution < 1.29 is 0 Å². The van der Waals surface area contributed by atoms with Crippen LogP contribution in [-0.2, 0) is 0 Å². The van der Waals surface area contributed by atoms with Crippen molar-refractivity contribution in [1.82, 2.24) is 4.90 Å². The number of nitrogens with zero attached hydrogens (tertiary/aromatic N) is 1. The summed E-state index contributed by atoms with van der Waals surface area (Å²) in [6.07, 6.45) is 4.11. The normalized spacial score (nSPS) is 40.9. The van der Waals surface area contributed by atoms with Gasteiger partial charge in [0, 0.05) is 12.6 Å². The van der Waals surface area contributed by atoms with E-state index in [0.29, 0.717) is 5.41 Å². The summed E-state index contributed by atoms with van der Waals surface area (Å²) in [5.41, 5.74) is 0.598. The third kappa shape index (κ3) is 1.96. The predicted molar refractivity (Wildman–Crippen MR) is 49.7 cm³/mol. The second kappa shape index (κ2) is 3.14. The van der Waals surface area contributed by atoms with E-state index in [-0.39, 0.29) is 0 Å². The van der Waals surface area contributed by atoms with E-state index >= 15 is 0 Å². The largest absolute Gasteiger partial charge is 0.303 e. The van der Waals surface area contributed by atoms with Crippen LogP contribution in [0.1, 0.15) is 40.0 Å². The molecule has 2 atom stereocenters. The van der Waals surface area contributed by atoms with E-state index in [2.05, 4.69) is 32.7 Å². The summed E-state index contributed by atoms with van der Waals surface area (Å²) in [6, 6.07) is 0.801. The van der Waals surface area contributed by atoms with Crippen LogP contribution in [0.2, 0.25) is 0 Å². The van der Waals surface area contributed by atoms with E-state index in [1.54, 1.807) is 0 Å².